The molecule has 0 amide bonds. The first-order valence-electron chi connectivity index (χ1n) is 2.93. The second-order valence-corrected chi connectivity index (χ2v) is 1.92. The molecular weight excluding hydrogens is 128 g/mol. The van der Waals surface area contributed by atoms with Crippen molar-refractivity contribution in [1.29, 1.82) is 10.5 Å². The molecule has 50 valence electrons. The first-order valence-corrected chi connectivity index (χ1v) is 2.93. The molecule has 0 atom stereocenters. The molecule has 0 radical (unpaired) electrons. The van der Waals surface area contributed by atoms with Gasteiger partial charge in [-0.1, -0.05) is 0 Å². The Labute approximate surface area is 59.0 Å². The summed E-state index contributed by atoms with van der Waals surface area (Å²) in [5.74, 6) is 0. The Bertz CT molecular complexity index is 205. The van der Waals surface area contributed by atoms with Gasteiger partial charge in [0.05, 0.1) is 12.9 Å². The van der Waals surface area contributed by atoms with Crippen molar-refractivity contribution in [2.75, 3.05) is 13.1 Å². The van der Waals surface area contributed by atoms with Gasteiger partial charge in [0.25, 0.3) is 0 Å². The van der Waals surface area contributed by atoms with Gasteiger partial charge >= 0.3 is 0 Å². The minimum absolute atomic E-state index is 0.661. The standard InChI is InChI=1S/C6H6N4/c7-3-6(4-8)10-2-1-9-5-10/h5-6H,1-2H2. The van der Waals surface area contributed by atoms with Crippen LogP contribution in [-0.4, -0.2) is 30.4 Å². The molecule has 10 heavy (non-hydrogen) atoms. The summed E-state index contributed by atoms with van der Waals surface area (Å²) in [7, 11) is 0. The first kappa shape index (κ1) is 6.57. The van der Waals surface area contributed by atoms with Gasteiger partial charge in [-0.3, -0.25) is 4.99 Å². The largest absolute Gasteiger partial charge is 0.334 e. The second kappa shape index (κ2) is 2.84. The number of nitrogens with zero attached hydrogens (tertiary/aromatic N) is 4. The third-order valence-corrected chi connectivity index (χ3v) is 1.29. The number of hydrogen-bond acceptors (Lipinski definition) is 4. The molecule has 1 heterocycles. The Morgan fingerprint density at radius 2 is 2.20 bits per heavy atom. The third kappa shape index (κ3) is 1.06. The van der Waals surface area contributed by atoms with Crippen LogP contribution >= 0.6 is 0 Å². The molecule has 0 saturated carbocycles. The van der Waals surface area contributed by atoms with E-state index in [-0.39, 0.29) is 0 Å². The van der Waals surface area contributed by atoms with Crippen molar-refractivity contribution < 1.29 is 0 Å². The van der Waals surface area contributed by atoms with Crippen LogP contribution < -0.4 is 0 Å². The van der Waals surface area contributed by atoms with Gasteiger partial charge in [0.1, 0.15) is 12.1 Å². The van der Waals surface area contributed by atoms with Gasteiger partial charge in [0, 0.05) is 6.54 Å². The Morgan fingerprint density at radius 3 is 2.60 bits per heavy atom. The maximum absolute atomic E-state index is 8.41. The van der Waals surface area contributed by atoms with Crippen molar-refractivity contribution >= 4 is 6.34 Å². The van der Waals surface area contributed by atoms with Gasteiger partial charge < -0.3 is 4.90 Å². The van der Waals surface area contributed by atoms with Crippen LogP contribution in [0.15, 0.2) is 4.99 Å². The predicted molar refractivity (Wildman–Crippen MR) is 35.1 cm³/mol. The monoisotopic (exact) mass is 134 g/mol. The highest BCUT2D eigenvalue weighted by molar-refractivity contribution is 5.59. The molecular formula is C6H6N4. The van der Waals surface area contributed by atoms with E-state index < -0.39 is 6.04 Å². The highest BCUT2D eigenvalue weighted by atomic mass is 15.2. The Kier molecular flexibility index (Phi) is 1.86. The lowest BCUT2D eigenvalue weighted by Crippen LogP contribution is -2.29. The summed E-state index contributed by atoms with van der Waals surface area (Å²) in [6.07, 6.45) is 1.55. The van der Waals surface area contributed by atoms with Gasteiger partial charge in [-0.2, -0.15) is 10.5 Å². The highest BCUT2D eigenvalue weighted by Gasteiger charge is 2.15. The van der Waals surface area contributed by atoms with Crippen molar-refractivity contribution in [2.45, 2.75) is 6.04 Å². The zero-order valence-corrected chi connectivity index (χ0v) is 5.36. The molecule has 0 spiro atoms. The van der Waals surface area contributed by atoms with E-state index >= 15 is 0 Å². The molecule has 1 aliphatic rings. The van der Waals surface area contributed by atoms with Crippen LogP contribution in [0.3, 0.4) is 0 Å². The zero-order chi connectivity index (χ0) is 7.40. The summed E-state index contributed by atoms with van der Waals surface area (Å²) in [5.41, 5.74) is 0. The fraction of sp³-hybridized carbons (Fsp3) is 0.500. The molecule has 1 rings (SSSR count). The molecule has 4 heteroatoms. The molecule has 0 aromatic heterocycles. The maximum Gasteiger partial charge on any atom is 0.205 e. The number of aliphatic imine (C=N–C) groups is 1. The van der Waals surface area contributed by atoms with Gasteiger partial charge in [0.15, 0.2) is 0 Å². The molecule has 0 unspecified atom stereocenters. The summed E-state index contributed by atoms with van der Waals surface area (Å²) < 4.78 is 0. The first-order chi connectivity index (χ1) is 4.88. The molecule has 1 aliphatic heterocycles. The summed E-state index contributed by atoms with van der Waals surface area (Å²) in [5, 5.41) is 16.8. The Morgan fingerprint density at radius 1 is 1.50 bits per heavy atom. The van der Waals surface area contributed by atoms with Gasteiger partial charge in [0.2, 0.25) is 6.04 Å². The van der Waals surface area contributed by atoms with Gasteiger partial charge in [-0.15, -0.1) is 0 Å². The molecule has 0 aromatic rings. The van der Waals surface area contributed by atoms with Crippen LogP contribution in [-0.2, 0) is 0 Å². The lowest BCUT2D eigenvalue weighted by atomic mass is 10.3. The van der Waals surface area contributed by atoms with E-state index in [0.717, 1.165) is 0 Å². The van der Waals surface area contributed by atoms with E-state index in [0.29, 0.717) is 13.1 Å². The van der Waals surface area contributed by atoms with Crippen LogP contribution in [0.5, 0.6) is 0 Å². The van der Waals surface area contributed by atoms with E-state index in [1.807, 2.05) is 12.1 Å². The summed E-state index contributed by atoms with van der Waals surface area (Å²) >= 11 is 0. The third-order valence-electron chi connectivity index (χ3n) is 1.29. The molecule has 0 aliphatic carbocycles. The number of hydrogen-bond donors (Lipinski definition) is 0. The predicted octanol–water partition coefficient (Wildman–Crippen LogP) is -0.254. The fourth-order valence-corrected chi connectivity index (χ4v) is 0.767. The van der Waals surface area contributed by atoms with E-state index in [1.54, 1.807) is 11.2 Å². The molecule has 4 nitrogen and oxygen atoms in total. The Balaban J connectivity index is 2.58. The highest BCUT2D eigenvalue weighted by Crippen LogP contribution is 1.98. The van der Waals surface area contributed by atoms with E-state index in [4.69, 9.17) is 10.5 Å². The van der Waals surface area contributed by atoms with Crippen LogP contribution in [0.1, 0.15) is 0 Å². The van der Waals surface area contributed by atoms with E-state index in [1.165, 1.54) is 0 Å². The lowest BCUT2D eigenvalue weighted by Gasteiger charge is -2.12. The molecule has 0 fully saturated rings. The lowest BCUT2D eigenvalue weighted by molar-refractivity contribution is 0.464. The van der Waals surface area contributed by atoms with Gasteiger partial charge in [-0.25, -0.2) is 0 Å². The minimum atomic E-state index is -0.661. The summed E-state index contributed by atoms with van der Waals surface area (Å²) in [6, 6.07) is 3.07. The normalized spacial score (nSPS) is 15.3. The van der Waals surface area contributed by atoms with Crippen LogP contribution in [0, 0.1) is 22.7 Å². The fourth-order valence-electron chi connectivity index (χ4n) is 0.767. The van der Waals surface area contributed by atoms with E-state index in [9.17, 15) is 0 Å². The molecule has 0 saturated heterocycles. The van der Waals surface area contributed by atoms with E-state index in [2.05, 4.69) is 4.99 Å². The second-order valence-electron chi connectivity index (χ2n) is 1.92. The maximum atomic E-state index is 8.41. The molecule has 0 aromatic carbocycles. The SMILES string of the molecule is N#CC(C#N)N1C=NCC1. The van der Waals surface area contributed by atoms with Crippen molar-refractivity contribution in [3.63, 3.8) is 0 Å². The van der Waals surface area contributed by atoms with Crippen molar-refractivity contribution in [3.05, 3.63) is 0 Å². The average molecular weight is 134 g/mol. The van der Waals surface area contributed by atoms with Crippen LogP contribution in [0.25, 0.3) is 0 Å². The van der Waals surface area contributed by atoms with Crippen molar-refractivity contribution in [1.82, 2.24) is 4.90 Å². The van der Waals surface area contributed by atoms with Crippen LogP contribution in [0.4, 0.5) is 0 Å². The number of rotatable bonds is 1. The topological polar surface area (TPSA) is 63.2 Å². The zero-order valence-electron chi connectivity index (χ0n) is 5.36. The minimum Gasteiger partial charge on any atom is -0.334 e. The quantitative estimate of drug-likeness (QED) is 0.496. The average Bonchev–Trinajstić information content (AvgIpc) is 2.43. The number of nitriles is 2. The van der Waals surface area contributed by atoms with Crippen molar-refractivity contribution in [2.24, 2.45) is 4.99 Å². The molecule has 0 bridgehead atoms. The van der Waals surface area contributed by atoms with Crippen molar-refractivity contribution in [3.8, 4) is 12.1 Å². The smallest absolute Gasteiger partial charge is 0.205 e. The summed E-state index contributed by atoms with van der Waals surface area (Å²) in [6.45, 7) is 1.38. The van der Waals surface area contributed by atoms with Gasteiger partial charge in [-0.05, 0) is 0 Å². The van der Waals surface area contributed by atoms with Crippen LogP contribution in [0.2, 0.25) is 0 Å². The summed E-state index contributed by atoms with van der Waals surface area (Å²) in [4.78, 5) is 5.51. The molecule has 0 N–H and O–H groups in total. The Hall–Kier alpha value is -1.55.